The molecule has 2 amide bonds. The van der Waals surface area contributed by atoms with Crippen LogP contribution in [0, 0.1) is 0 Å². The first-order valence-electron chi connectivity index (χ1n) is 7.77. The molecule has 0 saturated heterocycles. The second-order valence-electron chi connectivity index (χ2n) is 5.35. The minimum atomic E-state index is -0.469. The molecule has 136 valence electrons. The van der Waals surface area contributed by atoms with Crippen LogP contribution in [0.15, 0.2) is 74.9 Å². The van der Waals surface area contributed by atoms with Crippen LogP contribution >= 0.6 is 27.5 Å². The highest BCUT2D eigenvalue weighted by molar-refractivity contribution is 9.10. The van der Waals surface area contributed by atoms with Crippen LogP contribution in [-0.2, 0) is 0 Å². The quantitative estimate of drug-likeness (QED) is 0.440. The van der Waals surface area contributed by atoms with Gasteiger partial charge in [0.25, 0.3) is 11.8 Å². The number of nitrogens with zero attached hydrogens (tertiary/aromatic N) is 1. The fourth-order valence-electron chi connectivity index (χ4n) is 2.20. The monoisotopic (exact) mass is 445 g/mol. The molecule has 0 atom stereocenters. The Kier molecular flexibility index (Phi) is 6.05. The molecule has 0 saturated carbocycles. The van der Waals surface area contributed by atoms with E-state index in [0.717, 1.165) is 0 Å². The zero-order chi connectivity index (χ0) is 19.2. The first-order valence-corrected chi connectivity index (χ1v) is 8.95. The van der Waals surface area contributed by atoms with Crippen molar-refractivity contribution in [1.29, 1.82) is 0 Å². The number of benzene rings is 2. The van der Waals surface area contributed by atoms with Crippen molar-refractivity contribution >= 4 is 51.2 Å². The summed E-state index contributed by atoms with van der Waals surface area (Å²) in [7, 11) is 0. The summed E-state index contributed by atoms with van der Waals surface area (Å²) in [6, 6.07) is 16.5. The van der Waals surface area contributed by atoms with Crippen LogP contribution in [0.4, 0.5) is 5.69 Å². The number of halogens is 2. The molecule has 3 rings (SSSR count). The van der Waals surface area contributed by atoms with Gasteiger partial charge in [0, 0.05) is 10.6 Å². The van der Waals surface area contributed by atoms with Crippen LogP contribution in [-0.4, -0.2) is 18.0 Å². The second-order valence-corrected chi connectivity index (χ2v) is 6.57. The summed E-state index contributed by atoms with van der Waals surface area (Å²) < 4.78 is 5.82. The van der Waals surface area contributed by atoms with Gasteiger partial charge < -0.3 is 9.73 Å². The summed E-state index contributed by atoms with van der Waals surface area (Å²) >= 11 is 9.01. The molecule has 0 aliphatic rings. The summed E-state index contributed by atoms with van der Waals surface area (Å²) in [6.45, 7) is 0. The summed E-state index contributed by atoms with van der Waals surface area (Å²) in [5, 5.41) is 7.11. The van der Waals surface area contributed by atoms with E-state index in [-0.39, 0.29) is 11.5 Å². The second kappa shape index (κ2) is 8.66. The minimum Gasteiger partial charge on any atom is -0.448 e. The van der Waals surface area contributed by atoms with Gasteiger partial charge in [-0.15, -0.1) is 0 Å². The maximum Gasteiger partial charge on any atom is 0.273 e. The summed E-state index contributed by atoms with van der Waals surface area (Å²) in [5.74, 6) is -0.341. The molecule has 0 aliphatic carbocycles. The maximum absolute atomic E-state index is 12.4. The molecular weight excluding hydrogens is 434 g/mol. The largest absolute Gasteiger partial charge is 0.448 e. The Labute approximate surface area is 168 Å². The number of hydrogen-bond donors (Lipinski definition) is 2. The number of carbonyl (C=O) groups is 2. The molecule has 2 N–H and O–H groups in total. The zero-order valence-corrected chi connectivity index (χ0v) is 16.1. The van der Waals surface area contributed by atoms with Crippen molar-refractivity contribution < 1.29 is 14.0 Å². The number of hydrazone groups is 1. The normalized spacial score (nSPS) is 10.7. The maximum atomic E-state index is 12.4. The Balaban J connectivity index is 1.71. The van der Waals surface area contributed by atoms with E-state index < -0.39 is 5.91 Å². The first kappa shape index (κ1) is 18.9. The van der Waals surface area contributed by atoms with E-state index >= 15 is 0 Å². The molecule has 3 aromatic rings. The molecule has 0 aliphatic heterocycles. The van der Waals surface area contributed by atoms with Gasteiger partial charge in [-0.3, -0.25) is 9.59 Å². The summed E-state index contributed by atoms with van der Waals surface area (Å²) in [6.07, 6.45) is 1.37. The Morgan fingerprint density at radius 2 is 1.74 bits per heavy atom. The molecular formula is C19H13BrClN3O3. The molecule has 1 aromatic heterocycles. The van der Waals surface area contributed by atoms with Crippen molar-refractivity contribution in [2.24, 2.45) is 5.10 Å². The van der Waals surface area contributed by atoms with Gasteiger partial charge in [0.05, 0.1) is 17.5 Å². The van der Waals surface area contributed by atoms with Crippen LogP contribution in [0.1, 0.15) is 26.5 Å². The number of carbonyl (C=O) groups excluding carboxylic acids is 2. The molecule has 0 bridgehead atoms. The van der Waals surface area contributed by atoms with Gasteiger partial charge in [-0.1, -0.05) is 23.7 Å². The number of nitrogens with one attached hydrogen (secondary N) is 2. The molecule has 0 fully saturated rings. The SMILES string of the molecule is O=C(Nc1ccccc1C(=O)N/N=C\c1ccc(Br)o1)c1ccc(Cl)cc1. The molecule has 2 aromatic carbocycles. The highest BCUT2D eigenvalue weighted by Gasteiger charge is 2.13. The van der Waals surface area contributed by atoms with E-state index in [1.807, 2.05) is 0 Å². The fraction of sp³-hybridized carbons (Fsp3) is 0. The smallest absolute Gasteiger partial charge is 0.273 e. The van der Waals surface area contributed by atoms with Gasteiger partial charge in [-0.2, -0.15) is 5.10 Å². The molecule has 0 radical (unpaired) electrons. The van der Waals surface area contributed by atoms with Gasteiger partial charge in [-0.25, -0.2) is 5.43 Å². The third kappa shape index (κ3) is 5.06. The van der Waals surface area contributed by atoms with Crippen LogP contribution < -0.4 is 10.7 Å². The lowest BCUT2D eigenvalue weighted by Crippen LogP contribution is -2.21. The highest BCUT2D eigenvalue weighted by atomic mass is 79.9. The van der Waals surface area contributed by atoms with Gasteiger partial charge >= 0.3 is 0 Å². The average molecular weight is 447 g/mol. The molecule has 8 heteroatoms. The van der Waals surface area contributed by atoms with E-state index in [1.54, 1.807) is 60.7 Å². The van der Waals surface area contributed by atoms with Crippen molar-refractivity contribution in [2.45, 2.75) is 0 Å². The third-order valence-corrected chi connectivity index (χ3v) is 4.16. The van der Waals surface area contributed by atoms with Crippen LogP contribution in [0.5, 0.6) is 0 Å². The number of anilines is 1. The zero-order valence-electron chi connectivity index (χ0n) is 13.8. The molecule has 0 unspecified atom stereocenters. The van der Waals surface area contributed by atoms with E-state index in [0.29, 0.717) is 26.7 Å². The van der Waals surface area contributed by atoms with Gasteiger partial charge in [-0.05, 0) is 64.5 Å². The standard InChI is InChI=1S/C19H13BrClN3O3/c20-17-10-9-14(27-17)11-22-24-19(26)15-3-1-2-4-16(15)23-18(25)12-5-7-13(21)8-6-12/h1-11H,(H,23,25)(H,24,26)/b22-11-. The van der Waals surface area contributed by atoms with E-state index in [4.69, 9.17) is 16.0 Å². The lowest BCUT2D eigenvalue weighted by molar-refractivity contribution is 0.0956. The molecule has 27 heavy (non-hydrogen) atoms. The number of amides is 2. The Bertz CT molecular complexity index is 999. The minimum absolute atomic E-state index is 0.276. The van der Waals surface area contributed by atoms with Crippen molar-refractivity contribution in [1.82, 2.24) is 5.43 Å². The number of para-hydroxylation sites is 1. The Hall–Kier alpha value is -2.90. The Morgan fingerprint density at radius 1 is 1.00 bits per heavy atom. The van der Waals surface area contributed by atoms with Crippen LogP contribution in [0.25, 0.3) is 0 Å². The lowest BCUT2D eigenvalue weighted by atomic mass is 10.1. The third-order valence-electron chi connectivity index (χ3n) is 3.48. The van der Waals surface area contributed by atoms with Crippen molar-refractivity contribution in [3.8, 4) is 0 Å². The van der Waals surface area contributed by atoms with Crippen LogP contribution in [0.3, 0.4) is 0 Å². The topological polar surface area (TPSA) is 83.7 Å². The predicted octanol–water partition coefficient (Wildman–Crippen LogP) is 4.71. The average Bonchev–Trinajstić information content (AvgIpc) is 3.07. The van der Waals surface area contributed by atoms with Crippen LogP contribution in [0.2, 0.25) is 5.02 Å². The number of rotatable bonds is 5. The predicted molar refractivity (Wildman–Crippen MR) is 107 cm³/mol. The van der Waals surface area contributed by atoms with Gasteiger partial charge in [0.2, 0.25) is 0 Å². The van der Waals surface area contributed by atoms with Crippen molar-refractivity contribution in [2.75, 3.05) is 5.32 Å². The molecule has 6 nitrogen and oxygen atoms in total. The van der Waals surface area contributed by atoms with Crippen molar-refractivity contribution in [3.05, 3.63) is 87.2 Å². The van der Waals surface area contributed by atoms with Crippen molar-refractivity contribution in [3.63, 3.8) is 0 Å². The lowest BCUT2D eigenvalue weighted by Gasteiger charge is -2.10. The highest BCUT2D eigenvalue weighted by Crippen LogP contribution is 2.17. The summed E-state index contributed by atoms with van der Waals surface area (Å²) in [4.78, 5) is 24.8. The van der Waals surface area contributed by atoms with E-state index in [1.165, 1.54) is 6.21 Å². The fourth-order valence-corrected chi connectivity index (χ4v) is 2.64. The van der Waals surface area contributed by atoms with Gasteiger partial charge in [0.15, 0.2) is 4.67 Å². The summed E-state index contributed by atoms with van der Waals surface area (Å²) in [5.41, 5.74) is 3.47. The van der Waals surface area contributed by atoms with E-state index in [9.17, 15) is 9.59 Å². The van der Waals surface area contributed by atoms with E-state index in [2.05, 4.69) is 31.8 Å². The van der Waals surface area contributed by atoms with Gasteiger partial charge in [0.1, 0.15) is 5.76 Å². The Morgan fingerprint density at radius 3 is 2.44 bits per heavy atom. The number of hydrogen-bond acceptors (Lipinski definition) is 4. The molecule has 0 spiro atoms. The first-order chi connectivity index (χ1) is 13.0. The number of furan rings is 1. The molecule has 1 heterocycles.